The number of hydrogen-bond acceptors (Lipinski definition) is 8. The van der Waals surface area contributed by atoms with Crippen molar-refractivity contribution >= 4 is 19.8 Å². The Morgan fingerprint density at radius 1 is 0.560 bits per heavy atom. The summed E-state index contributed by atoms with van der Waals surface area (Å²) in [4.78, 5) is 34.9. The Labute approximate surface area is 309 Å². The van der Waals surface area contributed by atoms with Crippen molar-refractivity contribution in [1.29, 1.82) is 0 Å². The van der Waals surface area contributed by atoms with E-state index < -0.39 is 26.5 Å². The number of esters is 2. The van der Waals surface area contributed by atoms with Crippen LogP contribution in [-0.4, -0.2) is 56.3 Å². The van der Waals surface area contributed by atoms with E-state index in [1.165, 1.54) is 128 Å². The second kappa shape index (κ2) is 40.8. The summed E-state index contributed by atoms with van der Waals surface area (Å²) in [6.07, 6.45) is 31.4. The minimum Gasteiger partial charge on any atom is -0.462 e. The largest absolute Gasteiger partial charge is 0.472 e. The first-order valence-electron chi connectivity index (χ1n) is 21.0. The van der Waals surface area contributed by atoms with Gasteiger partial charge in [0.15, 0.2) is 6.10 Å². The van der Waals surface area contributed by atoms with Crippen molar-refractivity contribution in [1.82, 2.24) is 5.32 Å². The molecule has 0 aliphatic carbocycles. The average molecular weight is 736 g/mol. The third kappa shape index (κ3) is 39.8. The molecule has 0 aliphatic rings. The van der Waals surface area contributed by atoms with Gasteiger partial charge < -0.3 is 19.7 Å². The number of carbonyl (C=O) groups is 2. The molecule has 50 heavy (non-hydrogen) atoms. The molecule has 0 aliphatic heterocycles. The summed E-state index contributed by atoms with van der Waals surface area (Å²) >= 11 is 0. The van der Waals surface area contributed by atoms with Gasteiger partial charge in [0.05, 0.1) is 13.2 Å². The molecule has 0 fully saturated rings. The third-order valence-corrected chi connectivity index (χ3v) is 9.71. The summed E-state index contributed by atoms with van der Waals surface area (Å²) in [5, 5.41) is 2.82. The Hall–Kier alpha value is -0.990. The van der Waals surface area contributed by atoms with E-state index in [9.17, 15) is 19.0 Å². The SMILES string of the molecule is CC.CCCCCCCCCCCCCCCC(=O)OCC(COP(=O)(O)OCCNC)OC(=O)CCCCCCCCCCCCCCC. The molecule has 300 valence electrons. The molecule has 0 spiro atoms. The third-order valence-electron chi connectivity index (χ3n) is 8.73. The van der Waals surface area contributed by atoms with Gasteiger partial charge in [-0.15, -0.1) is 0 Å². The Kier molecular flexibility index (Phi) is 41.7. The molecule has 2 N–H and O–H groups in total. The number of rotatable bonds is 38. The van der Waals surface area contributed by atoms with Crippen molar-refractivity contribution < 1.29 is 37.6 Å². The van der Waals surface area contributed by atoms with Gasteiger partial charge in [0.25, 0.3) is 0 Å². The van der Waals surface area contributed by atoms with E-state index in [-0.39, 0.29) is 25.6 Å². The zero-order chi connectivity index (χ0) is 37.4. The van der Waals surface area contributed by atoms with Crippen molar-refractivity contribution in [2.45, 2.75) is 214 Å². The molecule has 0 amide bonds. The van der Waals surface area contributed by atoms with E-state index >= 15 is 0 Å². The predicted molar refractivity (Wildman–Crippen MR) is 208 cm³/mol. The molecule has 0 aromatic rings. The van der Waals surface area contributed by atoms with E-state index in [0.717, 1.165) is 32.1 Å². The highest BCUT2D eigenvalue weighted by atomic mass is 31.2. The van der Waals surface area contributed by atoms with Crippen LogP contribution in [0.5, 0.6) is 0 Å². The maximum absolute atomic E-state index is 12.6. The van der Waals surface area contributed by atoms with Gasteiger partial charge in [0.1, 0.15) is 6.61 Å². The number of nitrogens with one attached hydrogen (secondary N) is 1. The highest BCUT2D eigenvalue weighted by Crippen LogP contribution is 2.43. The maximum Gasteiger partial charge on any atom is 0.472 e. The van der Waals surface area contributed by atoms with Crippen LogP contribution in [0.15, 0.2) is 0 Å². The van der Waals surface area contributed by atoms with Gasteiger partial charge in [0, 0.05) is 19.4 Å². The molecule has 2 unspecified atom stereocenters. The standard InChI is InChI=1S/C38H76NO8P.C2H6/c1-4-6-8-10-12-14-16-18-20-22-24-26-28-30-37(40)44-34-36(35-46-48(42,43)45-33-32-39-3)47-38(41)31-29-27-25-23-21-19-17-15-13-11-9-7-5-2;1-2/h36,39H,4-35H2,1-3H3,(H,42,43);1-2H3. The fraction of sp³-hybridized carbons (Fsp3) is 0.950. The number of phosphoric ester groups is 1. The molecule has 10 heteroatoms. The minimum absolute atomic E-state index is 0.0120. The maximum atomic E-state index is 12.6. The Balaban J connectivity index is 0. The van der Waals surface area contributed by atoms with Crippen molar-refractivity contribution in [3.05, 3.63) is 0 Å². The fourth-order valence-electron chi connectivity index (χ4n) is 5.67. The van der Waals surface area contributed by atoms with Crippen molar-refractivity contribution in [3.8, 4) is 0 Å². The van der Waals surface area contributed by atoms with Crippen LogP contribution in [0.2, 0.25) is 0 Å². The van der Waals surface area contributed by atoms with E-state index in [1.54, 1.807) is 7.05 Å². The lowest BCUT2D eigenvalue weighted by molar-refractivity contribution is -0.161. The monoisotopic (exact) mass is 736 g/mol. The van der Waals surface area contributed by atoms with Crippen molar-refractivity contribution in [2.24, 2.45) is 0 Å². The van der Waals surface area contributed by atoms with Gasteiger partial charge >= 0.3 is 19.8 Å². The molecule has 0 saturated carbocycles. The summed E-state index contributed by atoms with van der Waals surface area (Å²) in [5.41, 5.74) is 0. The quantitative estimate of drug-likeness (QED) is 0.0362. The molecule has 0 rings (SSSR count). The highest BCUT2D eigenvalue weighted by molar-refractivity contribution is 7.47. The van der Waals surface area contributed by atoms with E-state index in [4.69, 9.17) is 18.5 Å². The van der Waals surface area contributed by atoms with Crippen LogP contribution >= 0.6 is 7.82 Å². The predicted octanol–water partition coefficient (Wildman–Crippen LogP) is 11.8. The zero-order valence-electron chi connectivity index (χ0n) is 33.5. The van der Waals surface area contributed by atoms with Crippen LogP contribution in [0.3, 0.4) is 0 Å². The molecule has 0 radical (unpaired) electrons. The zero-order valence-corrected chi connectivity index (χ0v) is 34.4. The first-order chi connectivity index (χ1) is 24.3. The number of carbonyl (C=O) groups excluding carboxylic acids is 2. The molecule has 0 aromatic heterocycles. The number of ether oxygens (including phenoxy) is 2. The molecular weight excluding hydrogens is 653 g/mol. The smallest absolute Gasteiger partial charge is 0.462 e. The van der Waals surface area contributed by atoms with Crippen LogP contribution in [0.4, 0.5) is 0 Å². The van der Waals surface area contributed by atoms with Crippen LogP contribution in [0.25, 0.3) is 0 Å². The van der Waals surface area contributed by atoms with Gasteiger partial charge in [0.2, 0.25) is 0 Å². The first kappa shape index (κ1) is 51.1. The Morgan fingerprint density at radius 3 is 1.30 bits per heavy atom. The summed E-state index contributed by atoms with van der Waals surface area (Å²) in [6.45, 7) is 8.24. The molecular formula is C40H82NO8P. The summed E-state index contributed by atoms with van der Waals surface area (Å²) in [5.74, 6) is -0.795. The van der Waals surface area contributed by atoms with Gasteiger partial charge in [-0.05, 0) is 19.9 Å². The van der Waals surface area contributed by atoms with Crippen LogP contribution < -0.4 is 5.32 Å². The first-order valence-corrected chi connectivity index (χ1v) is 22.5. The van der Waals surface area contributed by atoms with Crippen molar-refractivity contribution in [3.63, 3.8) is 0 Å². The molecule has 0 aromatic carbocycles. The van der Waals surface area contributed by atoms with Crippen LogP contribution in [0.1, 0.15) is 207 Å². The lowest BCUT2D eigenvalue weighted by atomic mass is 10.0. The number of likely N-dealkylation sites (N-methyl/N-ethyl adjacent to an activating group) is 1. The minimum atomic E-state index is -4.33. The van der Waals surface area contributed by atoms with Gasteiger partial charge in [-0.2, -0.15) is 0 Å². The van der Waals surface area contributed by atoms with E-state index in [1.807, 2.05) is 13.8 Å². The lowest BCUT2D eigenvalue weighted by Crippen LogP contribution is -2.29. The number of phosphoric acid groups is 1. The van der Waals surface area contributed by atoms with Gasteiger partial charge in [-0.25, -0.2) is 4.57 Å². The second-order valence-corrected chi connectivity index (χ2v) is 14.9. The fourth-order valence-corrected chi connectivity index (χ4v) is 6.42. The molecule has 0 saturated heterocycles. The number of unbranched alkanes of at least 4 members (excludes halogenated alkanes) is 24. The molecule has 2 atom stereocenters. The summed E-state index contributed by atoms with van der Waals surface area (Å²) in [6, 6.07) is 0. The topological polar surface area (TPSA) is 120 Å². The van der Waals surface area contributed by atoms with Crippen molar-refractivity contribution in [2.75, 3.05) is 33.4 Å². The Morgan fingerprint density at radius 2 is 0.920 bits per heavy atom. The molecule has 0 heterocycles. The summed E-state index contributed by atoms with van der Waals surface area (Å²) in [7, 11) is -2.63. The van der Waals surface area contributed by atoms with Gasteiger partial charge in [-0.1, -0.05) is 182 Å². The highest BCUT2D eigenvalue weighted by Gasteiger charge is 2.26. The normalized spacial score (nSPS) is 12.9. The lowest BCUT2D eigenvalue weighted by Gasteiger charge is -2.20. The van der Waals surface area contributed by atoms with Crippen LogP contribution in [0, 0.1) is 0 Å². The Bertz CT molecular complexity index is 770. The summed E-state index contributed by atoms with van der Waals surface area (Å²) < 4.78 is 33.1. The van der Waals surface area contributed by atoms with Crippen LogP contribution in [-0.2, 0) is 32.7 Å². The molecule has 0 bridgehead atoms. The van der Waals surface area contributed by atoms with Gasteiger partial charge in [-0.3, -0.25) is 18.6 Å². The second-order valence-electron chi connectivity index (χ2n) is 13.5. The van der Waals surface area contributed by atoms with E-state index in [2.05, 4.69) is 19.2 Å². The average Bonchev–Trinajstić information content (AvgIpc) is 3.11. The number of hydrogen-bond donors (Lipinski definition) is 2. The molecule has 9 nitrogen and oxygen atoms in total. The van der Waals surface area contributed by atoms with E-state index in [0.29, 0.717) is 19.4 Å².